The zero-order valence-corrected chi connectivity index (χ0v) is 28.3. The molecule has 1 aromatic carbocycles. The first-order valence-electron chi connectivity index (χ1n) is 17.0. The van der Waals surface area contributed by atoms with Crippen molar-refractivity contribution in [2.24, 2.45) is 34.5 Å². The first kappa shape index (κ1) is 32.7. The van der Waals surface area contributed by atoms with Crippen LogP contribution in [0.4, 0.5) is 5.69 Å². The van der Waals surface area contributed by atoms with E-state index >= 15 is 0 Å². The number of nitrogens with zero attached hydrogens (tertiary/aromatic N) is 3. The van der Waals surface area contributed by atoms with Crippen LogP contribution in [0, 0.1) is 41.4 Å². The van der Waals surface area contributed by atoms with Gasteiger partial charge in [0.05, 0.1) is 42.9 Å². The Morgan fingerprint density at radius 3 is 2.40 bits per heavy atom. The Kier molecular flexibility index (Phi) is 8.35. The molecule has 6 aliphatic rings. The van der Waals surface area contributed by atoms with E-state index in [0.29, 0.717) is 50.0 Å². The number of piperidine rings is 3. The molecule has 4 saturated heterocycles. The van der Waals surface area contributed by atoms with Crippen LogP contribution in [0.2, 0.25) is 0 Å². The van der Waals surface area contributed by atoms with Crippen LogP contribution in [0.1, 0.15) is 58.4 Å². The molecule has 4 bridgehead atoms. The van der Waals surface area contributed by atoms with Gasteiger partial charge in [-0.05, 0) is 55.1 Å². The molecule has 11 heteroatoms. The van der Waals surface area contributed by atoms with Gasteiger partial charge in [0.25, 0.3) is 0 Å². The van der Waals surface area contributed by atoms with E-state index in [-0.39, 0.29) is 53.8 Å². The maximum atomic E-state index is 14.2. The number of para-hydroxylation sites is 1. The summed E-state index contributed by atoms with van der Waals surface area (Å²) in [6, 6.07) is 8.19. The van der Waals surface area contributed by atoms with Crippen LogP contribution >= 0.6 is 0 Å². The number of benzene rings is 1. The van der Waals surface area contributed by atoms with E-state index in [1.807, 2.05) is 19.1 Å². The zero-order valence-electron chi connectivity index (χ0n) is 27.5. The third-order valence-corrected chi connectivity index (χ3v) is 15.4. The average Bonchev–Trinajstić information content (AvgIpc) is 3.33. The van der Waals surface area contributed by atoms with Crippen LogP contribution in [0.15, 0.2) is 24.3 Å². The number of fused-ring (bicyclic) bond motifs is 5. The SMILES string of the molecule is Cc1ccccc1N1CCN(S(=O)(=O)C[C@]23CC[C@@H](C[C@]2(O)C(C)CNC(=O)C2C[N+]4(CC(=O)[O-])CCC2CC4)C3(C)C)CC1. The van der Waals surface area contributed by atoms with E-state index in [2.05, 4.69) is 43.1 Å². The maximum Gasteiger partial charge on any atom is 0.229 e. The second-order valence-electron chi connectivity index (χ2n) is 15.7. The van der Waals surface area contributed by atoms with Gasteiger partial charge in [-0.3, -0.25) is 4.79 Å². The Labute approximate surface area is 268 Å². The normalized spacial score (nSPS) is 36.6. The summed E-state index contributed by atoms with van der Waals surface area (Å²) < 4.78 is 30.4. The number of hydrogen-bond acceptors (Lipinski definition) is 7. The van der Waals surface area contributed by atoms with Crippen molar-refractivity contribution in [2.45, 2.75) is 65.4 Å². The number of carboxylic acid groups (broad SMARTS) is 1. The van der Waals surface area contributed by atoms with Gasteiger partial charge in [-0.1, -0.05) is 39.0 Å². The number of carbonyl (C=O) groups excluding carboxylic acids is 2. The van der Waals surface area contributed by atoms with Crippen molar-refractivity contribution < 1.29 is 32.7 Å². The number of rotatable bonds is 10. The summed E-state index contributed by atoms with van der Waals surface area (Å²) in [7, 11) is -3.67. The van der Waals surface area contributed by atoms with Gasteiger partial charge < -0.3 is 29.7 Å². The molecule has 4 heterocycles. The van der Waals surface area contributed by atoms with Gasteiger partial charge in [0, 0.05) is 62.6 Å². The monoisotopic (exact) mass is 644 g/mol. The summed E-state index contributed by atoms with van der Waals surface area (Å²) in [4.78, 5) is 27.2. The largest absolute Gasteiger partial charge is 0.544 e. The molecule has 2 saturated carbocycles. The zero-order chi connectivity index (χ0) is 32.4. The summed E-state index contributed by atoms with van der Waals surface area (Å²) in [6.07, 6.45) is 3.75. The van der Waals surface area contributed by atoms with E-state index in [4.69, 9.17) is 0 Å². The molecular formula is C34H52N4O6S. The Morgan fingerprint density at radius 2 is 1.78 bits per heavy atom. The number of aliphatic carboxylic acids is 1. The van der Waals surface area contributed by atoms with Crippen LogP contribution in [-0.4, -0.2) is 104 Å². The number of aryl methyl sites for hydroxylation is 1. The summed E-state index contributed by atoms with van der Waals surface area (Å²) in [5.74, 6) is -1.37. The number of anilines is 1. The first-order valence-corrected chi connectivity index (χ1v) is 18.6. The van der Waals surface area contributed by atoms with Crippen molar-refractivity contribution in [3.8, 4) is 0 Å². The topological polar surface area (TPSA) is 130 Å². The fourth-order valence-corrected chi connectivity index (χ4v) is 12.7. The van der Waals surface area contributed by atoms with Crippen molar-refractivity contribution in [1.29, 1.82) is 0 Å². The molecule has 0 spiro atoms. The highest BCUT2D eigenvalue weighted by atomic mass is 32.2. The number of amides is 1. The fraction of sp³-hybridized carbons (Fsp3) is 0.765. The third kappa shape index (κ3) is 5.39. The first-order chi connectivity index (χ1) is 21.1. The van der Waals surface area contributed by atoms with Gasteiger partial charge in [-0.25, -0.2) is 8.42 Å². The number of carbonyl (C=O) groups is 2. The standard InChI is InChI=1S/C34H52N4O6S/c1-24-7-5-6-8-29(24)36-13-15-37(16-14-36)45(43,44)23-33-12-9-27(32(33,3)4)19-34(33,42)25(2)20-35-31(41)28-21-38(22-30(39)40)17-10-26(28)11-18-38/h5-8,25-28,42H,9-23H2,1-4H3,(H-,35,39,40,41)/t25?,26?,27-,28?,33-,34-,38?/m0/s1. The number of quaternary nitrogens is 1. The van der Waals surface area contributed by atoms with Crippen LogP contribution in [0.25, 0.3) is 0 Å². The molecule has 2 unspecified atom stereocenters. The molecule has 6 fully saturated rings. The second-order valence-corrected chi connectivity index (χ2v) is 17.7. The molecule has 250 valence electrons. The molecule has 1 aromatic rings. The minimum Gasteiger partial charge on any atom is -0.544 e. The molecule has 2 N–H and O–H groups in total. The number of aliphatic hydroxyl groups is 1. The molecule has 0 radical (unpaired) electrons. The highest BCUT2D eigenvalue weighted by molar-refractivity contribution is 7.89. The Morgan fingerprint density at radius 1 is 1.11 bits per heavy atom. The number of sulfonamides is 1. The van der Waals surface area contributed by atoms with Gasteiger partial charge in [0.2, 0.25) is 15.9 Å². The third-order valence-electron chi connectivity index (χ3n) is 13.4. The quantitative estimate of drug-likeness (QED) is 0.368. The lowest BCUT2D eigenvalue weighted by Gasteiger charge is -2.52. The average molecular weight is 645 g/mol. The number of hydrogen-bond donors (Lipinski definition) is 2. The van der Waals surface area contributed by atoms with Crippen molar-refractivity contribution in [2.75, 3.05) is 69.6 Å². The highest BCUT2D eigenvalue weighted by Gasteiger charge is 2.73. The van der Waals surface area contributed by atoms with Crippen molar-refractivity contribution in [1.82, 2.24) is 9.62 Å². The molecule has 1 amide bonds. The van der Waals surface area contributed by atoms with E-state index in [1.54, 1.807) is 4.31 Å². The van der Waals surface area contributed by atoms with E-state index < -0.39 is 27.0 Å². The lowest BCUT2D eigenvalue weighted by Crippen LogP contribution is -2.66. The predicted octanol–water partition coefficient (Wildman–Crippen LogP) is 1.36. The Bertz CT molecular complexity index is 1420. The highest BCUT2D eigenvalue weighted by Crippen LogP contribution is 2.71. The van der Waals surface area contributed by atoms with Gasteiger partial charge in [0.1, 0.15) is 6.54 Å². The minimum absolute atomic E-state index is 0.0545. The van der Waals surface area contributed by atoms with E-state index in [0.717, 1.165) is 38.0 Å². The summed E-state index contributed by atoms with van der Waals surface area (Å²) in [5.41, 5.74) is -0.104. The van der Waals surface area contributed by atoms with Gasteiger partial charge in [-0.2, -0.15) is 4.31 Å². The molecule has 0 aromatic heterocycles. The lowest BCUT2D eigenvalue weighted by atomic mass is 9.60. The maximum absolute atomic E-state index is 14.2. The van der Waals surface area contributed by atoms with Gasteiger partial charge in [-0.15, -0.1) is 0 Å². The van der Waals surface area contributed by atoms with Crippen molar-refractivity contribution in [3.05, 3.63) is 29.8 Å². The Hall–Kier alpha value is -2.21. The number of nitrogens with one attached hydrogen (secondary N) is 1. The summed E-state index contributed by atoms with van der Waals surface area (Å²) in [5, 5.41) is 27.1. The van der Waals surface area contributed by atoms with E-state index in [9.17, 15) is 28.2 Å². The van der Waals surface area contributed by atoms with Crippen LogP contribution in [0.3, 0.4) is 0 Å². The van der Waals surface area contributed by atoms with Gasteiger partial charge in [0.15, 0.2) is 0 Å². The van der Waals surface area contributed by atoms with Crippen molar-refractivity contribution >= 4 is 27.6 Å². The molecule has 10 nitrogen and oxygen atoms in total. The van der Waals surface area contributed by atoms with E-state index in [1.165, 1.54) is 5.56 Å². The number of piperazine rings is 1. The van der Waals surface area contributed by atoms with Crippen LogP contribution < -0.4 is 15.3 Å². The smallest absolute Gasteiger partial charge is 0.229 e. The number of carboxylic acids is 1. The summed E-state index contributed by atoms with van der Waals surface area (Å²) in [6.45, 7) is 12.6. The van der Waals surface area contributed by atoms with Crippen molar-refractivity contribution in [3.63, 3.8) is 0 Å². The van der Waals surface area contributed by atoms with Gasteiger partial charge >= 0.3 is 0 Å². The molecular weight excluding hydrogens is 592 g/mol. The molecule has 45 heavy (non-hydrogen) atoms. The fourth-order valence-electron chi connectivity index (χ4n) is 10.4. The molecule has 4 aliphatic heterocycles. The minimum atomic E-state index is -3.67. The Balaban J connectivity index is 1.14. The predicted molar refractivity (Wildman–Crippen MR) is 170 cm³/mol. The molecule has 5 atom stereocenters. The lowest BCUT2D eigenvalue weighted by molar-refractivity contribution is -0.940. The summed E-state index contributed by atoms with van der Waals surface area (Å²) >= 11 is 0. The van der Waals surface area contributed by atoms with Crippen LogP contribution in [-0.2, 0) is 19.6 Å². The molecule has 2 aliphatic carbocycles. The van der Waals surface area contributed by atoms with Crippen LogP contribution in [0.5, 0.6) is 0 Å². The molecule has 7 rings (SSSR count). The second kappa shape index (κ2) is 11.5.